The first kappa shape index (κ1) is 10.1. The largest absolute Gasteiger partial charge is 0.385 e. The Morgan fingerprint density at radius 3 is 2.67 bits per heavy atom. The van der Waals surface area contributed by atoms with E-state index in [4.69, 9.17) is 5.26 Å². The molecule has 1 aliphatic heterocycles. The fourth-order valence-corrected chi connectivity index (χ4v) is 1.86. The smallest absolute Gasteiger partial charge is 0.140 e. The molecule has 4 heteroatoms. The molecule has 0 aliphatic carbocycles. The van der Waals surface area contributed by atoms with Gasteiger partial charge in [0.2, 0.25) is 0 Å². The fraction of sp³-hybridized carbons (Fsp3) is 0.455. The van der Waals surface area contributed by atoms with Crippen molar-refractivity contribution in [1.29, 1.82) is 5.26 Å². The third kappa shape index (κ3) is 1.99. The van der Waals surface area contributed by atoms with Crippen LogP contribution in [-0.2, 0) is 5.60 Å². The highest BCUT2D eigenvalue weighted by Crippen LogP contribution is 2.29. The minimum atomic E-state index is -0.772. The lowest BCUT2D eigenvalue weighted by molar-refractivity contribution is 0.00563. The van der Waals surface area contributed by atoms with Gasteiger partial charge in [-0.3, -0.25) is 0 Å². The molecule has 0 unspecified atom stereocenters. The van der Waals surface area contributed by atoms with E-state index in [0.29, 0.717) is 18.5 Å². The molecule has 1 saturated heterocycles. The average molecular weight is 203 g/mol. The molecule has 0 radical (unpaired) electrons. The zero-order chi connectivity index (χ0) is 10.7. The van der Waals surface area contributed by atoms with Crippen LogP contribution in [0.5, 0.6) is 0 Å². The lowest BCUT2D eigenvalue weighted by Gasteiger charge is -2.32. The maximum atomic E-state index is 10.3. The Kier molecular flexibility index (Phi) is 2.67. The molecule has 1 aliphatic rings. The molecule has 0 bridgehead atoms. The summed E-state index contributed by atoms with van der Waals surface area (Å²) < 4.78 is 0. The number of pyridine rings is 1. The van der Waals surface area contributed by atoms with Gasteiger partial charge in [-0.05, 0) is 32.0 Å². The number of piperidine rings is 1. The van der Waals surface area contributed by atoms with Crippen molar-refractivity contribution >= 4 is 0 Å². The molecule has 0 aromatic carbocycles. The Morgan fingerprint density at radius 1 is 1.40 bits per heavy atom. The molecule has 2 N–H and O–H groups in total. The van der Waals surface area contributed by atoms with Crippen LogP contribution in [-0.4, -0.2) is 23.2 Å². The van der Waals surface area contributed by atoms with E-state index < -0.39 is 5.60 Å². The van der Waals surface area contributed by atoms with E-state index in [0.717, 1.165) is 18.7 Å². The second-order valence-corrected chi connectivity index (χ2v) is 3.83. The van der Waals surface area contributed by atoms with Crippen molar-refractivity contribution in [1.82, 2.24) is 10.3 Å². The number of nitrogens with zero attached hydrogens (tertiary/aromatic N) is 2. The second-order valence-electron chi connectivity index (χ2n) is 3.83. The summed E-state index contributed by atoms with van der Waals surface area (Å²) >= 11 is 0. The van der Waals surface area contributed by atoms with Crippen LogP contribution in [0.25, 0.3) is 0 Å². The van der Waals surface area contributed by atoms with Crippen molar-refractivity contribution in [3.63, 3.8) is 0 Å². The van der Waals surface area contributed by atoms with E-state index in [1.54, 1.807) is 18.3 Å². The van der Waals surface area contributed by atoms with Gasteiger partial charge in [0.05, 0.1) is 5.60 Å². The standard InChI is InChI=1S/C11H13N3O/c12-7-10-2-1-9(8-14-10)11(15)3-5-13-6-4-11/h1-2,8,13,15H,3-6H2. The van der Waals surface area contributed by atoms with Crippen LogP contribution < -0.4 is 5.32 Å². The summed E-state index contributed by atoms with van der Waals surface area (Å²) in [5, 5.41) is 22.2. The molecule has 0 atom stereocenters. The molecule has 0 saturated carbocycles. The van der Waals surface area contributed by atoms with E-state index in [1.165, 1.54) is 0 Å². The zero-order valence-corrected chi connectivity index (χ0v) is 8.40. The van der Waals surface area contributed by atoms with Crippen LogP contribution in [0.1, 0.15) is 24.1 Å². The molecule has 78 valence electrons. The summed E-state index contributed by atoms with van der Waals surface area (Å²) in [4.78, 5) is 3.98. The van der Waals surface area contributed by atoms with Crippen molar-refractivity contribution in [2.24, 2.45) is 0 Å². The van der Waals surface area contributed by atoms with Gasteiger partial charge < -0.3 is 10.4 Å². The highest BCUT2D eigenvalue weighted by atomic mass is 16.3. The first-order chi connectivity index (χ1) is 7.24. The van der Waals surface area contributed by atoms with Crippen LogP contribution in [0.2, 0.25) is 0 Å². The van der Waals surface area contributed by atoms with Crippen LogP contribution in [0.4, 0.5) is 0 Å². The Labute approximate surface area is 88.6 Å². The first-order valence-electron chi connectivity index (χ1n) is 5.04. The van der Waals surface area contributed by atoms with Gasteiger partial charge in [0.15, 0.2) is 0 Å². The van der Waals surface area contributed by atoms with Gasteiger partial charge in [0, 0.05) is 11.8 Å². The van der Waals surface area contributed by atoms with Crippen LogP contribution in [0.15, 0.2) is 18.3 Å². The number of rotatable bonds is 1. The van der Waals surface area contributed by atoms with Gasteiger partial charge in [0.1, 0.15) is 11.8 Å². The topological polar surface area (TPSA) is 68.9 Å². The van der Waals surface area contributed by atoms with Crippen molar-refractivity contribution in [2.45, 2.75) is 18.4 Å². The minimum Gasteiger partial charge on any atom is -0.385 e. The van der Waals surface area contributed by atoms with Gasteiger partial charge in [-0.2, -0.15) is 5.26 Å². The van der Waals surface area contributed by atoms with Crippen molar-refractivity contribution in [2.75, 3.05) is 13.1 Å². The SMILES string of the molecule is N#Cc1ccc(C2(O)CCNCC2)cn1. The Balaban J connectivity index is 2.24. The first-order valence-corrected chi connectivity index (χ1v) is 5.04. The molecule has 0 amide bonds. The number of nitriles is 1. The van der Waals surface area contributed by atoms with Crippen LogP contribution in [0, 0.1) is 11.3 Å². The van der Waals surface area contributed by atoms with Crippen molar-refractivity contribution in [3.8, 4) is 6.07 Å². The van der Waals surface area contributed by atoms with Crippen LogP contribution in [0.3, 0.4) is 0 Å². The van der Waals surface area contributed by atoms with Gasteiger partial charge in [-0.1, -0.05) is 6.07 Å². The summed E-state index contributed by atoms with van der Waals surface area (Å²) in [7, 11) is 0. The number of hydrogen-bond donors (Lipinski definition) is 2. The molecule has 1 aromatic rings. The van der Waals surface area contributed by atoms with Crippen LogP contribution >= 0.6 is 0 Å². The Bertz CT molecular complexity index is 374. The van der Waals surface area contributed by atoms with E-state index in [9.17, 15) is 5.11 Å². The monoisotopic (exact) mass is 203 g/mol. The summed E-state index contributed by atoms with van der Waals surface area (Å²) in [6, 6.07) is 5.40. The Morgan fingerprint density at radius 2 is 2.13 bits per heavy atom. The van der Waals surface area contributed by atoms with Gasteiger partial charge >= 0.3 is 0 Å². The van der Waals surface area contributed by atoms with E-state index in [-0.39, 0.29) is 0 Å². The summed E-state index contributed by atoms with van der Waals surface area (Å²) in [6.07, 6.45) is 2.99. The summed E-state index contributed by atoms with van der Waals surface area (Å²) in [5.41, 5.74) is 0.422. The second kappa shape index (κ2) is 3.97. The molecule has 1 fully saturated rings. The fourth-order valence-electron chi connectivity index (χ4n) is 1.86. The molecular formula is C11H13N3O. The molecule has 4 nitrogen and oxygen atoms in total. The lowest BCUT2D eigenvalue weighted by atomic mass is 9.86. The quantitative estimate of drug-likeness (QED) is 0.698. The number of aromatic nitrogens is 1. The van der Waals surface area contributed by atoms with Gasteiger partial charge in [-0.25, -0.2) is 4.98 Å². The average Bonchev–Trinajstić information content (AvgIpc) is 2.30. The Hall–Kier alpha value is -1.44. The molecular weight excluding hydrogens is 190 g/mol. The molecule has 2 rings (SSSR count). The highest BCUT2D eigenvalue weighted by molar-refractivity contribution is 5.27. The summed E-state index contributed by atoms with van der Waals surface area (Å²) in [5.74, 6) is 0. The van der Waals surface area contributed by atoms with E-state index in [1.807, 2.05) is 6.07 Å². The van der Waals surface area contributed by atoms with E-state index in [2.05, 4.69) is 10.3 Å². The third-order valence-electron chi connectivity index (χ3n) is 2.85. The minimum absolute atomic E-state index is 0.385. The molecule has 0 spiro atoms. The maximum absolute atomic E-state index is 10.3. The zero-order valence-electron chi connectivity index (χ0n) is 8.40. The summed E-state index contributed by atoms with van der Waals surface area (Å²) in [6.45, 7) is 1.63. The normalized spacial score (nSPS) is 19.5. The third-order valence-corrected chi connectivity index (χ3v) is 2.85. The molecule has 15 heavy (non-hydrogen) atoms. The predicted molar refractivity (Wildman–Crippen MR) is 55.0 cm³/mol. The van der Waals surface area contributed by atoms with Gasteiger partial charge in [-0.15, -0.1) is 0 Å². The molecule has 2 heterocycles. The highest BCUT2D eigenvalue weighted by Gasteiger charge is 2.31. The van der Waals surface area contributed by atoms with E-state index >= 15 is 0 Å². The molecule has 1 aromatic heterocycles. The lowest BCUT2D eigenvalue weighted by Crippen LogP contribution is -2.39. The van der Waals surface area contributed by atoms with Gasteiger partial charge in [0.25, 0.3) is 0 Å². The maximum Gasteiger partial charge on any atom is 0.140 e. The number of aliphatic hydroxyl groups is 1. The van der Waals surface area contributed by atoms with Crippen molar-refractivity contribution in [3.05, 3.63) is 29.6 Å². The number of hydrogen-bond acceptors (Lipinski definition) is 4. The number of nitrogens with one attached hydrogen (secondary N) is 1. The predicted octanol–water partition coefficient (Wildman–Crippen LogP) is 0.524. The van der Waals surface area contributed by atoms with Crippen molar-refractivity contribution < 1.29 is 5.11 Å².